The summed E-state index contributed by atoms with van der Waals surface area (Å²) in [7, 11) is 0. The van der Waals surface area contributed by atoms with Gasteiger partial charge in [0.2, 0.25) is 0 Å². The highest BCUT2D eigenvalue weighted by atomic mass is 16.5. The molecule has 0 aliphatic heterocycles. The van der Waals surface area contributed by atoms with Gasteiger partial charge < -0.3 is 4.74 Å². The number of benzene rings is 1. The zero-order valence-electron chi connectivity index (χ0n) is 12.3. The monoisotopic (exact) mass is 270 g/mol. The molecule has 1 N–H and O–H groups in total. The van der Waals surface area contributed by atoms with Gasteiger partial charge in [-0.2, -0.15) is 5.26 Å². The van der Waals surface area contributed by atoms with Gasteiger partial charge >= 0.3 is 0 Å². The Bertz CT molecular complexity index is 520. The van der Waals surface area contributed by atoms with Crippen molar-refractivity contribution >= 4 is 0 Å². The number of nitrogens with one attached hydrogen (secondary N) is 1. The van der Waals surface area contributed by atoms with E-state index in [1.54, 1.807) is 0 Å². The molecule has 1 atom stereocenters. The number of nitrogens with zero attached hydrogens (tertiary/aromatic N) is 1. The lowest BCUT2D eigenvalue weighted by molar-refractivity contribution is 0.198. The van der Waals surface area contributed by atoms with Crippen LogP contribution in [0.25, 0.3) is 0 Å². The number of rotatable bonds is 6. The predicted molar refractivity (Wildman–Crippen MR) is 78.6 cm³/mol. The van der Waals surface area contributed by atoms with Crippen molar-refractivity contribution in [1.29, 1.82) is 5.26 Å². The van der Waals surface area contributed by atoms with Gasteiger partial charge in [-0.15, -0.1) is 0 Å². The van der Waals surface area contributed by atoms with Gasteiger partial charge in [0.15, 0.2) is 0 Å². The molecule has 0 aromatic heterocycles. The van der Waals surface area contributed by atoms with E-state index in [2.05, 4.69) is 37.4 Å². The van der Waals surface area contributed by atoms with E-state index in [4.69, 9.17) is 4.74 Å². The number of hydrogen-bond acceptors (Lipinski definition) is 3. The average Bonchev–Trinajstić information content (AvgIpc) is 3.29. The fourth-order valence-corrected chi connectivity index (χ4v) is 2.81. The van der Waals surface area contributed by atoms with Crippen molar-refractivity contribution in [3.05, 3.63) is 29.3 Å². The summed E-state index contributed by atoms with van der Waals surface area (Å²) in [6.45, 7) is 4.57. The van der Waals surface area contributed by atoms with Crippen LogP contribution in [0, 0.1) is 31.1 Å². The molecule has 0 radical (unpaired) electrons. The fourth-order valence-electron chi connectivity index (χ4n) is 2.81. The van der Waals surface area contributed by atoms with Crippen LogP contribution in [0.2, 0.25) is 0 Å². The van der Waals surface area contributed by atoms with Crippen molar-refractivity contribution in [2.24, 2.45) is 5.92 Å². The summed E-state index contributed by atoms with van der Waals surface area (Å²) in [5, 5.41) is 13.2. The molecular formula is C17H22N2O. The zero-order valence-corrected chi connectivity index (χ0v) is 12.3. The largest absolute Gasteiger partial charge is 0.490 e. The van der Waals surface area contributed by atoms with Crippen molar-refractivity contribution in [1.82, 2.24) is 5.32 Å². The van der Waals surface area contributed by atoms with Crippen molar-refractivity contribution in [2.45, 2.75) is 51.1 Å². The Morgan fingerprint density at radius 3 is 2.40 bits per heavy atom. The Labute approximate surface area is 120 Å². The van der Waals surface area contributed by atoms with E-state index in [1.807, 2.05) is 6.07 Å². The van der Waals surface area contributed by atoms with Crippen LogP contribution in [0.1, 0.15) is 36.8 Å². The molecule has 20 heavy (non-hydrogen) atoms. The highest BCUT2D eigenvalue weighted by Crippen LogP contribution is 2.42. The van der Waals surface area contributed by atoms with Gasteiger partial charge in [0.25, 0.3) is 0 Å². The maximum atomic E-state index is 9.69. The van der Waals surface area contributed by atoms with Gasteiger partial charge in [0, 0.05) is 6.04 Å². The Balaban J connectivity index is 1.75. The second-order valence-electron chi connectivity index (χ2n) is 6.29. The molecule has 1 aromatic carbocycles. The molecule has 2 fully saturated rings. The third kappa shape index (κ3) is 2.66. The highest BCUT2D eigenvalue weighted by Gasteiger charge is 2.49. The molecule has 1 unspecified atom stereocenters. The van der Waals surface area contributed by atoms with Crippen molar-refractivity contribution < 1.29 is 4.74 Å². The van der Waals surface area contributed by atoms with E-state index in [9.17, 15) is 5.26 Å². The minimum absolute atomic E-state index is 0.455. The van der Waals surface area contributed by atoms with E-state index in [0.29, 0.717) is 18.6 Å². The molecule has 0 spiro atoms. The smallest absolute Gasteiger partial charge is 0.144 e. The number of nitriles is 1. The topological polar surface area (TPSA) is 45.0 Å². The first-order valence-electron chi connectivity index (χ1n) is 7.52. The quantitative estimate of drug-likeness (QED) is 0.864. The van der Waals surface area contributed by atoms with Crippen LogP contribution in [0.3, 0.4) is 0 Å². The van der Waals surface area contributed by atoms with E-state index >= 15 is 0 Å². The van der Waals surface area contributed by atoms with Crippen LogP contribution < -0.4 is 10.1 Å². The van der Waals surface area contributed by atoms with Gasteiger partial charge in [0.1, 0.15) is 17.9 Å². The second kappa shape index (κ2) is 5.10. The lowest BCUT2D eigenvalue weighted by atomic mass is 9.95. The first-order valence-corrected chi connectivity index (χ1v) is 7.52. The number of ether oxygens (including phenoxy) is 1. The number of para-hydroxylation sites is 1. The van der Waals surface area contributed by atoms with Crippen LogP contribution in [0.15, 0.2) is 18.2 Å². The van der Waals surface area contributed by atoms with Crippen LogP contribution in [-0.4, -0.2) is 18.2 Å². The van der Waals surface area contributed by atoms with Crippen LogP contribution >= 0.6 is 0 Å². The SMILES string of the molecule is Cc1cccc(C)c1OCC(C#N)(NC1CC1)C1CC1. The maximum Gasteiger partial charge on any atom is 0.144 e. The van der Waals surface area contributed by atoms with Gasteiger partial charge in [0.05, 0.1) is 6.07 Å². The molecular weight excluding hydrogens is 248 g/mol. The van der Waals surface area contributed by atoms with Crippen molar-refractivity contribution in [3.8, 4) is 11.8 Å². The van der Waals surface area contributed by atoms with Gasteiger partial charge in [-0.1, -0.05) is 18.2 Å². The molecule has 2 aliphatic rings. The Morgan fingerprint density at radius 2 is 1.90 bits per heavy atom. The molecule has 0 bridgehead atoms. The summed E-state index contributed by atoms with van der Waals surface area (Å²) in [5.74, 6) is 1.39. The molecule has 0 saturated heterocycles. The first kappa shape index (κ1) is 13.5. The summed E-state index contributed by atoms with van der Waals surface area (Å²) in [5.41, 5.74) is 1.79. The van der Waals surface area contributed by atoms with Crippen LogP contribution in [0.4, 0.5) is 0 Å². The molecule has 3 heteroatoms. The summed E-state index contributed by atoms with van der Waals surface area (Å²) in [6, 6.07) is 9.20. The maximum absolute atomic E-state index is 9.69. The highest BCUT2D eigenvalue weighted by molar-refractivity contribution is 5.40. The third-order valence-corrected chi connectivity index (χ3v) is 4.37. The van der Waals surface area contributed by atoms with E-state index < -0.39 is 5.54 Å². The predicted octanol–water partition coefficient (Wildman–Crippen LogP) is 3.11. The summed E-state index contributed by atoms with van der Waals surface area (Å²) >= 11 is 0. The lowest BCUT2D eigenvalue weighted by Crippen LogP contribution is -2.52. The first-order chi connectivity index (χ1) is 9.64. The van der Waals surface area contributed by atoms with E-state index in [1.165, 1.54) is 12.8 Å². The Hall–Kier alpha value is -1.53. The zero-order chi connectivity index (χ0) is 14.2. The minimum atomic E-state index is -0.490. The molecule has 3 nitrogen and oxygen atoms in total. The molecule has 2 saturated carbocycles. The van der Waals surface area contributed by atoms with Gasteiger partial charge in [-0.3, -0.25) is 5.32 Å². The van der Waals surface area contributed by atoms with Crippen molar-refractivity contribution in [2.75, 3.05) is 6.61 Å². The molecule has 0 amide bonds. The van der Waals surface area contributed by atoms with E-state index in [-0.39, 0.29) is 0 Å². The molecule has 0 heterocycles. The second-order valence-corrected chi connectivity index (χ2v) is 6.29. The Morgan fingerprint density at radius 1 is 1.25 bits per heavy atom. The average molecular weight is 270 g/mol. The molecule has 1 aromatic rings. The standard InChI is InChI=1S/C17H22N2O/c1-12-4-3-5-13(2)16(12)20-11-17(10-18,14-6-7-14)19-15-8-9-15/h3-5,14-15,19H,6-9,11H2,1-2H3. The normalized spacial score (nSPS) is 21.1. The molecule has 106 valence electrons. The van der Waals surface area contributed by atoms with Gasteiger partial charge in [-0.05, 0) is 56.6 Å². The summed E-state index contributed by atoms with van der Waals surface area (Å²) < 4.78 is 6.07. The summed E-state index contributed by atoms with van der Waals surface area (Å²) in [4.78, 5) is 0. The fraction of sp³-hybridized carbons (Fsp3) is 0.588. The van der Waals surface area contributed by atoms with Crippen LogP contribution in [-0.2, 0) is 0 Å². The van der Waals surface area contributed by atoms with Crippen LogP contribution in [0.5, 0.6) is 5.75 Å². The number of hydrogen-bond donors (Lipinski definition) is 1. The Kier molecular flexibility index (Phi) is 3.43. The van der Waals surface area contributed by atoms with Crippen molar-refractivity contribution in [3.63, 3.8) is 0 Å². The molecule has 2 aliphatic carbocycles. The third-order valence-electron chi connectivity index (χ3n) is 4.37. The minimum Gasteiger partial charge on any atom is -0.490 e. The number of aryl methyl sites for hydroxylation is 2. The summed E-state index contributed by atoms with van der Waals surface area (Å²) in [6.07, 6.45) is 4.67. The van der Waals surface area contributed by atoms with Gasteiger partial charge in [-0.25, -0.2) is 0 Å². The molecule has 3 rings (SSSR count). The lowest BCUT2D eigenvalue weighted by Gasteiger charge is -2.28. The van der Waals surface area contributed by atoms with E-state index in [0.717, 1.165) is 29.7 Å².